The molecule has 2 unspecified atom stereocenters. The molecule has 1 rings (SSSR count). The highest BCUT2D eigenvalue weighted by molar-refractivity contribution is 5.16. The van der Waals surface area contributed by atoms with Crippen molar-refractivity contribution in [1.82, 2.24) is 15.4 Å². The number of hydrogen-bond donors (Lipinski definition) is 2. The van der Waals surface area contributed by atoms with Crippen LogP contribution in [0.5, 0.6) is 5.88 Å². The first-order valence-electron chi connectivity index (χ1n) is 7.07. The molecule has 0 aliphatic rings. The number of ether oxygens (including phenoxy) is 1. The fraction of sp³-hybridized carbons (Fsp3) is 0.714. The number of nitrogens with one attached hydrogen (secondary N) is 1. The van der Waals surface area contributed by atoms with Crippen LogP contribution in [0.2, 0.25) is 0 Å². The van der Waals surface area contributed by atoms with E-state index in [1.165, 1.54) is 32.0 Å². The molecule has 0 bridgehead atoms. The lowest BCUT2D eigenvalue weighted by Gasteiger charge is -2.21. The Morgan fingerprint density at radius 2 is 2.16 bits per heavy atom. The van der Waals surface area contributed by atoms with Crippen molar-refractivity contribution < 1.29 is 4.74 Å². The molecule has 1 heterocycles. The highest BCUT2D eigenvalue weighted by atomic mass is 16.5. The Bertz CT molecular complexity index is 359. The van der Waals surface area contributed by atoms with Gasteiger partial charge in [-0.2, -0.15) is 0 Å². The SMILES string of the molecule is CCCCC(CC)CC(NN)c1cc(OC)ncn1. The summed E-state index contributed by atoms with van der Waals surface area (Å²) < 4.78 is 5.13. The molecule has 5 heteroatoms. The Kier molecular flexibility index (Phi) is 7.36. The Labute approximate surface area is 115 Å². The van der Waals surface area contributed by atoms with Gasteiger partial charge in [0.15, 0.2) is 0 Å². The second-order valence-electron chi connectivity index (χ2n) is 4.86. The molecule has 0 radical (unpaired) electrons. The van der Waals surface area contributed by atoms with Gasteiger partial charge < -0.3 is 4.74 Å². The van der Waals surface area contributed by atoms with Gasteiger partial charge in [-0.05, 0) is 12.3 Å². The fourth-order valence-electron chi connectivity index (χ4n) is 2.24. The molecule has 0 spiro atoms. The molecular formula is C14H26N4O. The highest BCUT2D eigenvalue weighted by Gasteiger charge is 2.17. The summed E-state index contributed by atoms with van der Waals surface area (Å²) in [5.74, 6) is 6.92. The Morgan fingerprint density at radius 1 is 1.37 bits per heavy atom. The van der Waals surface area contributed by atoms with E-state index in [1.807, 2.05) is 6.07 Å². The monoisotopic (exact) mass is 266 g/mol. The summed E-state index contributed by atoms with van der Waals surface area (Å²) in [7, 11) is 1.60. The number of rotatable bonds is 9. The molecule has 3 N–H and O–H groups in total. The van der Waals surface area contributed by atoms with Crippen LogP contribution >= 0.6 is 0 Å². The van der Waals surface area contributed by atoms with E-state index in [2.05, 4.69) is 29.2 Å². The third kappa shape index (κ3) is 5.12. The Morgan fingerprint density at radius 3 is 2.74 bits per heavy atom. The Balaban J connectivity index is 2.69. The molecule has 0 aromatic carbocycles. The normalized spacial score (nSPS) is 14.1. The van der Waals surface area contributed by atoms with Crippen LogP contribution in [0.4, 0.5) is 0 Å². The number of nitrogens with zero attached hydrogens (tertiary/aromatic N) is 2. The first kappa shape index (κ1) is 15.9. The van der Waals surface area contributed by atoms with E-state index < -0.39 is 0 Å². The third-order valence-electron chi connectivity index (χ3n) is 3.54. The molecule has 0 fully saturated rings. The van der Waals surface area contributed by atoms with Gasteiger partial charge in [-0.3, -0.25) is 11.3 Å². The maximum Gasteiger partial charge on any atom is 0.216 e. The van der Waals surface area contributed by atoms with Crippen LogP contribution in [0.3, 0.4) is 0 Å². The van der Waals surface area contributed by atoms with Gasteiger partial charge in [-0.25, -0.2) is 9.97 Å². The van der Waals surface area contributed by atoms with Crippen LogP contribution in [0, 0.1) is 5.92 Å². The van der Waals surface area contributed by atoms with Gasteiger partial charge in [0, 0.05) is 6.07 Å². The van der Waals surface area contributed by atoms with Gasteiger partial charge in [0.05, 0.1) is 18.8 Å². The number of hydrogen-bond acceptors (Lipinski definition) is 5. The lowest BCUT2D eigenvalue weighted by atomic mass is 9.91. The average Bonchev–Trinajstić information content (AvgIpc) is 2.47. The minimum Gasteiger partial charge on any atom is -0.481 e. The number of nitrogens with two attached hydrogens (primary N) is 1. The molecule has 19 heavy (non-hydrogen) atoms. The number of hydrazine groups is 1. The molecule has 0 aliphatic carbocycles. The van der Waals surface area contributed by atoms with Gasteiger partial charge >= 0.3 is 0 Å². The summed E-state index contributed by atoms with van der Waals surface area (Å²) in [6, 6.07) is 1.90. The van der Waals surface area contributed by atoms with Crippen LogP contribution in [0.25, 0.3) is 0 Å². The van der Waals surface area contributed by atoms with Crippen molar-refractivity contribution in [2.75, 3.05) is 7.11 Å². The van der Waals surface area contributed by atoms with Crippen molar-refractivity contribution in [3.8, 4) is 5.88 Å². The van der Waals surface area contributed by atoms with E-state index >= 15 is 0 Å². The predicted molar refractivity (Wildman–Crippen MR) is 76.6 cm³/mol. The summed E-state index contributed by atoms with van der Waals surface area (Å²) in [4.78, 5) is 8.31. The molecule has 1 aromatic heterocycles. The standard InChI is InChI=1S/C14H26N4O/c1-4-6-7-11(5-2)8-13(18-15)12-9-14(19-3)17-10-16-12/h9-11,13,18H,4-8,15H2,1-3H3. The fourth-order valence-corrected chi connectivity index (χ4v) is 2.24. The highest BCUT2D eigenvalue weighted by Crippen LogP contribution is 2.26. The van der Waals surface area contributed by atoms with Crippen molar-refractivity contribution >= 4 is 0 Å². The van der Waals surface area contributed by atoms with Crippen LogP contribution in [-0.2, 0) is 0 Å². The lowest BCUT2D eigenvalue weighted by Crippen LogP contribution is -2.30. The van der Waals surface area contributed by atoms with Crippen molar-refractivity contribution in [3.63, 3.8) is 0 Å². The van der Waals surface area contributed by atoms with E-state index in [0.29, 0.717) is 11.8 Å². The van der Waals surface area contributed by atoms with Crippen LogP contribution in [0.15, 0.2) is 12.4 Å². The van der Waals surface area contributed by atoms with Crippen LogP contribution < -0.4 is 16.0 Å². The third-order valence-corrected chi connectivity index (χ3v) is 3.54. The molecule has 0 saturated carbocycles. The van der Waals surface area contributed by atoms with E-state index in [0.717, 1.165) is 12.1 Å². The van der Waals surface area contributed by atoms with Gasteiger partial charge in [0.25, 0.3) is 0 Å². The molecule has 1 aromatic rings. The van der Waals surface area contributed by atoms with E-state index in [9.17, 15) is 0 Å². The average molecular weight is 266 g/mol. The number of methoxy groups -OCH3 is 1. The number of unbranched alkanes of at least 4 members (excludes halogenated alkanes) is 1. The molecule has 108 valence electrons. The van der Waals surface area contributed by atoms with Gasteiger partial charge in [0.2, 0.25) is 5.88 Å². The van der Waals surface area contributed by atoms with Crippen LogP contribution in [0.1, 0.15) is 57.7 Å². The zero-order valence-electron chi connectivity index (χ0n) is 12.2. The van der Waals surface area contributed by atoms with Gasteiger partial charge in [-0.1, -0.05) is 39.5 Å². The van der Waals surface area contributed by atoms with Gasteiger partial charge in [0.1, 0.15) is 6.33 Å². The van der Waals surface area contributed by atoms with Crippen molar-refractivity contribution in [3.05, 3.63) is 18.1 Å². The summed E-state index contributed by atoms with van der Waals surface area (Å²) in [5.41, 5.74) is 3.76. The van der Waals surface area contributed by atoms with Crippen molar-refractivity contribution in [2.45, 2.75) is 52.0 Å². The predicted octanol–water partition coefficient (Wildman–Crippen LogP) is 2.60. The molecule has 5 nitrogen and oxygen atoms in total. The quantitative estimate of drug-likeness (QED) is 0.531. The molecule has 2 atom stereocenters. The molecule has 0 saturated heterocycles. The number of aromatic nitrogens is 2. The maximum atomic E-state index is 5.68. The van der Waals surface area contributed by atoms with Crippen molar-refractivity contribution in [1.29, 1.82) is 0 Å². The first-order valence-corrected chi connectivity index (χ1v) is 7.07. The summed E-state index contributed by atoms with van der Waals surface area (Å²) >= 11 is 0. The zero-order valence-corrected chi connectivity index (χ0v) is 12.2. The molecular weight excluding hydrogens is 240 g/mol. The minimum absolute atomic E-state index is 0.0544. The maximum absolute atomic E-state index is 5.68. The smallest absolute Gasteiger partial charge is 0.216 e. The summed E-state index contributed by atoms with van der Waals surface area (Å²) in [6.07, 6.45) is 7.42. The molecule has 0 aliphatic heterocycles. The largest absolute Gasteiger partial charge is 0.481 e. The van der Waals surface area contributed by atoms with E-state index in [1.54, 1.807) is 7.11 Å². The topological polar surface area (TPSA) is 73.1 Å². The van der Waals surface area contributed by atoms with Gasteiger partial charge in [-0.15, -0.1) is 0 Å². The lowest BCUT2D eigenvalue weighted by molar-refractivity contribution is 0.349. The Hall–Kier alpha value is -1.20. The zero-order chi connectivity index (χ0) is 14.1. The second kappa shape index (κ2) is 8.82. The summed E-state index contributed by atoms with van der Waals surface area (Å²) in [5, 5.41) is 0. The second-order valence-corrected chi connectivity index (χ2v) is 4.86. The minimum atomic E-state index is 0.0544. The first-order chi connectivity index (χ1) is 9.24. The molecule has 0 amide bonds. The van der Waals surface area contributed by atoms with Crippen LogP contribution in [-0.4, -0.2) is 17.1 Å². The van der Waals surface area contributed by atoms with Crippen molar-refractivity contribution in [2.24, 2.45) is 11.8 Å². The van der Waals surface area contributed by atoms with E-state index in [4.69, 9.17) is 10.6 Å². The summed E-state index contributed by atoms with van der Waals surface area (Å²) in [6.45, 7) is 4.45. The van der Waals surface area contributed by atoms with E-state index in [-0.39, 0.29) is 6.04 Å².